The summed E-state index contributed by atoms with van der Waals surface area (Å²) in [5.41, 5.74) is 2.81. The molecule has 1 rings (SSSR count). The lowest BCUT2D eigenvalue weighted by molar-refractivity contribution is -0.131. The van der Waals surface area contributed by atoms with Crippen molar-refractivity contribution < 1.29 is 9.59 Å². The van der Waals surface area contributed by atoms with Crippen molar-refractivity contribution in [2.45, 2.75) is 32.2 Å². The van der Waals surface area contributed by atoms with Crippen LogP contribution in [-0.4, -0.2) is 41.7 Å². The van der Waals surface area contributed by atoms with Crippen molar-refractivity contribution in [1.82, 2.24) is 15.8 Å². The van der Waals surface area contributed by atoms with Crippen LogP contribution in [0.4, 0.5) is 0 Å². The number of nitrogens with zero attached hydrogens (tertiary/aromatic N) is 1. The Morgan fingerprint density at radius 2 is 1.94 bits per heavy atom. The molecule has 6 heteroatoms. The molecule has 2 N–H and O–H groups in total. The molecule has 0 radical (unpaired) electrons. The number of hydrogen-bond acceptors (Lipinski definition) is 4. The molecule has 0 saturated carbocycles. The van der Waals surface area contributed by atoms with Gasteiger partial charge in [0, 0.05) is 25.8 Å². The lowest BCUT2D eigenvalue weighted by atomic mass is 10.2. The average Bonchev–Trinajstić information content (AvgIpc) is 2.26. The van der Waals surface area contributed by atoms with Gasteiger partial charge in [0.15, 0.2) is 0 Å². The molecule has 16 heavy (non-hydrogen) atoms. The number of nitrogens with one attached hydrogen (secondary N) is 2. The van der Waals surface area contributed by atoms with Gasteiger partial charge in [-0.25, -0.2) is 5.01 Å². The van der Waals surface area contributed by atoms with E-state index in [-0.39, 0.29) is 11.8 Å². The van der Waals surface area contributed by atoms with E-state index in [1.165, 1.54) is 13.3 Å². The molecule has 1 aliphatic heterocycles. The van der Waals surface area contributed by atoms with E-state index < -0.39 is 6.04 Å². The second-order valence-electron chi connectivity index (χ2n) is 3.96. The van der Waals surface area contributed by atoms with Crippen LogP contribution < -0.4 is 10.7 Å². The highest BCUT2D eigenvalue weighted by Crippen LogP contribution is 2.06. The van der Waals surface area contributed by atoms with Crippen LogP contribution in [0.1, 0.15) is 26.2 Å². The van der Waals surface area contributed by atoms with E-state index >= 15 is 0 Å². The topological polar surface area (TPSA) is 61.4 Å². The van der Waals surface area contributed by atoms with E-state index in [0.717, 1.165) is 25.9 Å². The molecule has 0 aromatic carbocycles. The monoisotopic (exact) mass is 245 g/mol. The fourth-order valence-electron chi connectivity index (χ4n) is 1.68. The highest BCUT2D eigenvalue weighted by atomic mass is 32.1. The summed E-state index contributed by atoms with van der Waals surface area (Å²) >= 11 is 4.05. The van der Waals surface area contributed by atoms with Crippen molar-refractivity contribution in [2.24, 2.45) is 0 Å². The molecule has 1 saturated heterocycles. The van der Waals surface area contributed by atoms with E-state index in [1.807, 2.05) is 5.01 Å². The standard InChI is InChI=1S/C10H19N3O2S/c1-8(14)11-9(7-16)10(15)12-13-5-3-2-4-6-13/h9,16H,2-7H2,1H3,(H,11,14)(H,12,15). The molecule has 1 fully saturated rings. The van der Waals surface area contributed by atoms with Crippen molar-refractivity contribution in [1.29, 1.82) is 0 Å². The summed E-state index contributed by atoms with van der Waals surface area (Å²) in [7, 11) is 0. The second-order valence-corrected chi connectivity index (χ2v) is 4.32. The zero-order chi connectivity index (χ0) is 12.0. The highest BCUT2D eigenvalue weighted by Gasteiger charge is 2.20. The number of piperidine rings is 1. The molecule has 0 bridgehead atoms. The van der Waals surface area contributed by atoms with Crippen molar-refractivity contribution in [3.8, 4) is 0 Å². The quantitative estimate of drug-likeness (QED) is 0.608. The molecule has 0 spiro atoms. The summed E-state index contributed by atoms with van der Waals surface area (Å²) in [5, 5.41) is 4.47. The van der Waals surface area contributed by atoms with E-state index in [4.69, 9.17) is 0 Å². The normalized spacial score (nSPS) is 18.9. The first-order valence-electron chi connectivity index (χ1n) is 5.57. The molecule has 1 aliphatic rings. The Hall–Kier alpha value is -0.750. The van der Waals surface area contributed by atoms with Crippen LogP contribution in [0, 0.1) is 0 Å². The fourth-order valence-corrected chi connectivity index (χ4v) is 1.94. The Balaban J connectivity index is 2.38. The Kier molecular flexibility index (Phi) is 5.62. The van der Waals surface area contributed by atoms with Crippen molar-refractivity contribution >= 4 is 24.4 Å². The molecule has 2 amide bonds. The predicted molar refractivity (Wildman–Crippen MR) is 65.0 cm³/mol. The van der Waals surface area contributed by atoms with Crippen LogP contribution in [0.15, 0.2) is 0 Å². The van der Waals surface area contributed by atoms with Crippen molar-refractivity contribution in [3.05, 3.63) is 0 Å². The van der Waals surface area contributed by atoms with Gasteiger partial charge in [-0.05, 0) is 12.8 Å². The molecular formula is C10H19N3O2S. The summed E-state index contributed by atoms with van der Waals surface area (Å²) in [6.45, 7) is 3.15. The molecular weight excluding hydrogens is 226 g/mol. The Bertz CT molecular complexity index is 254. The summed E-state index contributed by atoms with van der Waals surface area (Å²) in [5.74, 6) is -0.0980. The third-order valence-corrected chi connectivity index (χ3v) is 2.87. The fraction of sp³-hybridized carbons (Fsp3) is 0.800. The maximum absolute atomic E-state index is 11.8. The number of thiol groups is 1. The predicted octanol–water partition coefficient (Wildman–Crippen LogP) is -0.0620. The summed E-state index contributed by atoms with van der Waals surface area (Å²) in [4.78, 5) is 22.6. The first-order valence-corrected chi connectivity index (χ1v) is 6.20. The summed E-state index contributed by atoms with van der Waals surface area (Å²) in [6.07, 6.45) is 3.42. The molecule has 5 nitrogen and oxygen atoms in total. The number of carbonyl (C=O) groups excluding carboxylic acids is 2. The van der Waals surface area contributed by atoms with Crippen molar-refractivity contribution in [3.63, 3.8) is 0 Å². The minimum atomic E-state index is -0.553. The third kappa shape index (κ3) is 4.40. The molecule has 0 aliphatic carbocycles. The zero-order valence-electron chi connectivity index (χ0n) is 9.53. The van der Waals surface area contributed by atoms with E-state index in [2.05, 4.69) is 23.4 Å². The van der Waals surface area contributed by atoms with Crippen LogP contribution in [0.25, 0.3) is 0 Å². The van der Waals surface area contributed by atoms with Gasteiger partial charge in [0.25, 0.3) is 5.91 Å². The minimum Gasteiger partial charge on any atom is -0.344 e. The first kappa shape index (κ1) is 13.3. The Morgan fingerprint density at radius 1 is 1.31 bits per heavy atom. The van der Waals surface area contributed by atoms with E-state index in [1.54, 1.807) is 0 Å². The van der Waals surface area contributed by atoms with Gasteiger partial charge >= 0.3 is 0 Å². The average molecular weight is 245 g/mol. The molecule has 1 atom stereocenters. The third-order valence-electron chi connectivity index (χ3n) is 2.50. The lowest BCUT2D eigenvalue weighted by Crippen LogP contribution is -2.54. The molecule has 1 heterocycles. The maximum atomic E-state index is 11.8. The largest absolute Gasteiger partial charge is 0.344 e. The smallest absolute Gasteiger partial charge is 0.257 e. The molecule has 1 unspecified atom stereocenters. The van der Waals surface area contributed by atoms with E-state index in [9.17, 15) is 9.59 Å². The molecule has 0 aromatic rings. The van der Waals surface area contributed by atoms with Crippen LogP contribution in [0.5, 0.6) is 0 Å². The van der Waals surface area contributed by atoms with Gasteiger partial charge in [-0.1, -0.05) is 6.42 Å². The minimum absolute atomic E-state index is 0.188. The molecule has 0 aromatic heterocycles. The summed E-state index contributed by atoms with van der Waals surface area (Å²) < 4.78 is 0. The number of amides is 2. The number of rotatable bonds is 4. The van der Waals surface area contributed by atoms with Gasteiger partial charge in [0.1, 0.15) is 6.04 Å². The van der Waals surface area contributed by atoms with Crippen molar-refractivity contribution in [2.75, 3.05) is 18.8 Å². The highest BCUT2D eigenvalue weighted by molar-refractivity contribution is 7.80. The van der Waals surface area contributed by atoms with Crippen LogP contribution in [0.2, 0.25) is 0 Å². The van der Waals surface area contributed by atoms with Gasteiger partial charge in [-0.15, -0.1) is 0 Å². The zero-order valence-corrected chi connectivity index (χ0v) is 10.4. The van der Waals surface area contributed by atoms with Gasteiger partial charge in [-0.2, -0.15) is 12.6 Å². The van der Waals surface area contributed by atoms with Gasteiger partial charge in [0.2, 0.25) is 5.91 Å². The number of hydrogen-bond donors (Lipinski definition) is 3. The second kappa shape index (κ2) is 6.75. The van der Waals surface area contributed by atoms with E-state index in [0.29, 0.717) is 5.75 Å². The van der Waals surface area contributed by atoms with Gasteiger partial charge < -0.3 is 5.32 Å². The number of hydrazine groups is 1. The SMILES string of the molecule is CC(=O)NC(CS)C(=O)NN1CCCCC1. The van der Waals surface area contributed by atoms with Crippen LogP contribution >= 0.6 is 12.6 Å². The summed E-state index contributed by atoms with van der Waals surface area (Å²) in [6, 6.07) is -0.553. The van der Waals surface area contributed by atoms with Gasteiger partial charge in [-0.3, -0.25) is 15.0 Å². The van der Waals surface area contributed by atoms with Gasteiger partial charge in [0.05, 0.1) is 0 Å². The number of carbonyl (C=O) groups is 2. The maximum Gasteiger partial charge on any atom is 0.257 e. The Morgan fingerprint density at radius 3 is 2.44 bits per heavy atom. The van der Waals surface area contributed by atoms with Crippen LogP contribution in [-0.2, 0) is 9.59 Å². The first-order chi connectivity index (χ1) is 7.63. The molecule has 92 valence electrons. The Labute approximate surface area is 101 Å². The van der Waals surface area contributed by atoms with Crippen LogP contribution in [0.3, 0.4) is 0 Å². The lowest BCUT2D eigenvalue weighted by Gasteiger charge is -2.28.